The normalized spacial score (nSPS) is 11.2. The highest BCUT2D eigenvalue weighted by Crippen LogP contribution is 2.26. The van der Waals surface area contributed by atoms with Crippen molar-refractivity contribution in [2.45, 2.75) is 11.8 Å². The topological polar surface area (TPSA) is 66.5 Å². The van der Waals surface area contributed by atoms with Crippen molar-refractivity contribution in [2.75, 3.05) is 16.2 Å². The lowest BCUT2D eigenvalue weighted by Crippen LogP contribution is -2.38. The van der Waals surface area contributed by atoms with Crippen LogP contribution in [0.2, 0.25) is 10.0 Å². The Labute approximate surface area is 184 Å². The molecule has 3 aromatic rings. The highest BCUT2D eigenvalue weighted by atomic mass is 35.5. The standard InChI is InChI=1S/C21H17Cl2FN2O3S/c1-14-2-7-17(8-3-14)26(30(28,29)18-9-4-15(24)5-10-18)13-21(27)25-16-6-11-19(22)20(23)12-16/h2-12H,13H2,1H3,(H,25,27). The van der Waals surface area contributed by atoms with Crippen molar-refractivity contribution in [3.8, 4) is 0 Å². The second-order valence-corrected chi connectivity index (χ2v) is 9.15. The van der Waals surface area contributed by atoms with Crippen LogP contribution >= 0.6 is 23.2 Å². The van der Waals surface area contributed by atoms with Crippen molar-refractivity contribution in [3.05, 3.63) is 88.2 Å². The molecule has 156 valence electrons. The first-order valence-electron chi connectivity index (χ1n) is 8.77. The van der Waals surface area contributed by atoms with Crippen LogP contribution < -0.4 is 9.62 Å². The molecule has 0 heterocycles. The predicted molar refractivity (Wildman–Crippen MR) is 117 cm³/mol. The van der Waals surface area contributed by atoms with Crippen LogP contribution in [0.5, 0.6) is 0 Å². The molecule has 30 heavy (non-hydrogen) atoms. The molecule has 0 saturated heterocycles. The van der Waals surface area contributed by atoms with Gasteiger partial charge in [0.25, 0.3) is 10.0 Å². The van der Waals surface area contributed by atoms with Gasteiger partial charge in [0.1, 0.15) is 12.4 Å². The van der Waals surface area contributed by atoms with Crippen LogP contribution in [0, 0.1) is 12.7 Å². The van der Waals surface area contributed by atoms with Crippen molar-refractivity contribution >= 4 is 50.5 Å². The maximum absolute atomic E-state index is 13.3. The van der Waals surface area contributed by atoms with Crippen molar-refractivity contribution in [1.82, 2.24) is 0 Å². The van der Waals surface area contributed by atoms with Gasteiger partial charge >= 0.3 is 0 Å². The van der Waals surface area contributed by atoms with E-state index in [1.54, 1.807) is 30.3 Å². The lowest BCUT2D eigenvalue weighted by atomic mass is 10.2. The Hall–Kier alpha value is -2.61. The number of carbonyl (C=O) groups excluding carboxylic acids is 1. The smallest absolute Gasteiger partial charge is 0.264 e. The summed E-state index contributed by atoms with van der Waals surface area (Å²) in [6.07, 6.45) is 0. The number of hydrogen-bond donors (Lipinski definition) is 1. The highest BCUT2D eigenvalue weighted by Gasteiger charge is 2.27. The number of benzene rings is 3. The molecule has 0 aliphatic rings. The van der Waals surface area contributed by atoms with Gasteiger partial charge in [0.2, 0.25) is 5.91 Å². The number of halogens is 3. The number of aryl methyl sites for hydroxylation is 1. The predicted octanol–water partition coefficient (Wildman–Crippen LogP) is 5.27. The zero-order chi connectivity index (χ0) is 21.9. The zero-order valence-corrected chi connectivity index (χ0v) is 18.1. The SMILES string of the molecule is Cc1ccc(N(CC(=O)Nc2ccc(Cl)c(Cl)c2)S(=O)(=O)c2ccc(F)cc2)cc1. The Morgan fingerprint density at radius 2 is 1.60 bits per heavy atom. The number of nitrogens with zero attached hydrogens (tertiary/aromatic N) is 1. The lowest BCUT2D eigenvalue weighted by molar-refractivity contribution is -0.114. The van der Waals surface area contributed by atoms with Crippen molar-refractivity contribution in [2.24, 2.45) is 0 Å². The lowest BCUT2D eigenvalue weighted by Gasteiger charge is -2.24. The van der Waals surface area contributed by atoms with Crippen molar-refractivity contribution < 1.29 is 17.6 Å². The van der Waals surface area contributed by atoms with Crippen LogP contribution in [-0.4, -0.2) is 20.9 Å². The van der Waals surface area contributed by atoms with Gasteiger partial charge in [-0.15, -0.1) is 0 Å². The summed E-state index contributed by atoms with van der Waals surface area (Å²) in [7, 11) is -4.13. The van der Waals surface area contributed by atoms with Gasteiger partial charge in [-0.1, -0.05) is 40.9 Å². The average molecular weight is 467 g/mol. The molecule has 5 nitrogen and oxygen atoms in total. The van der Waals surface area contributed by atoms with E-state index < -0.39 is 28.3 Å². The van der Waals surface area contributed by atoms with E-state index in [0.717, 1.165) is 34.1 Å². The van der Waals surface area contributed by atoms with E-state index in [-0.39, 0.29) is 9.92 Å². The van der Waals surface area contributed by atoms with Crippen molar-refractivity contribution in [3.63, 3.8) is 0 Å². The number of nitrogens with one attached hydrogen (secondary N) is 1. The first-order chi connectivity index (χ1) is 14.2. The minimum absolute atomic E-state index is 0.133. The third kappa shape index (κ3) is 5.11. The molecule has 0 bridgehead atoms. The Morgan fingerprint density at radius 1 is 0.967 bits per heavy atom. The first kappa shape index (κ1) is 22.1. The van der Waals surface area contributed by atoms with Crippen LogP contribution in [0.1, 0.15) is 5.56 Å². The molecular weight excluding hydrogens is 450 g/mol. The van der Waals surface area contributed by atoms with E-state index >= 15 is 0 Å². The Morgan fingerprint density at radius 3 is 2.20 bits per heavy atom. The molecule has 9 heteroatoms. The molecule has 3 rings (SSSR count). The maximum atomic E-state index is 13.3. The number of rotatable bonds is 6. The molecule has 3 aromatic carbocycles. The molecule has 0 aromatic heterocycles. The molecule has 0 saturated carbocycles. The van der Waals surface area contributed by atoms with Crippen LogP contribution in [-0.2, 0) is 14.8 Å². The third-order valence-corrected chi connectivity index (χ3v) is 6.74. The molecule has 0 fully saturated rings. The Bertz CT molecular complexity index is 1170. The highest BCUT2D eigenvalue weighted by molar-refractivity contribution is 7.92. The molecule has 1 amide bonds. The van der Waals surface area contributed by atoms with Gasteiger partial charge in [-0.25, -0.2) is 12.8 Å². The third-order valence-electron chi connectivity index (χ3n) is 4.21. The van der Waals surface area contributed by atoms with E-state index in [1.807, 2.05) is 6.92 Å². The second kappa shape index (κ2) is 9.04. The summed E-state index contributed by atoms with van der Waals surface area (Å²) in [4.78, 5) is 12.5. The van der Waals surface area contributed by atoms with Gasteiger partial charge in [0.05, 0.1) is 20.6 Å². The van der Waals surface area contributed by atoms with Gasteiger partial charge < -0.3 is 5.32 Å². The number of amides is 1. The average Bonchev–Trinajstić information content (AvgIpc) is 2.70. The summed E-state index contributed by atoms with van der Waals surface area (Å²) in [5.74, 6) is -1.15. The Kier molecular flexibility index (Phi) is 6.65. The van der Waals surface area contributed by atoms with Crippen LogP contribution in [0.25, 0.3) is 0 Å². The fraction of sp³-hybridized carbons (Fsp3) is 0.0952. The van der Waals surface area contributed by atoms with Crippen molar-refractivity contribution in [1.29, 1.82) is 0 Å². The number of hydrogen-bond acceptors (Lipinski definition) is 3. The summed E-state index contributed by atoms with van der Waals surface area (Å²) in [6.45, 7) is 1.36. The van der Waals surface area contributed by atoms with Crippen LogP contribution in [0.4, 0.5) is 15.8 Å². The maximum Gasteiger partial charge on any atom is 0.264 e. The molecule has 1 N–H and O–H groups in total. The zero-order valence-electron chi connectivity index (χ0n) is 15.8. The number of sulfonamides is 1. The molecule has 0 atom stereocenters. The van der Waals surface area contributed by atoms with Gasteiger partial charge in [0.15, 0.2) is 0 Å². The monoisotopic (exact) mass is 466 g/mol. The van der Waals surface area contributed by atoms with E-state index in [1.165, 1.54) is 12.1 Å². The summed E-state index contributed by atoms with van der Waals surface area (Å²) >= 11 is 11.8. The van der Waals surface area contributed by atoms with E-state index in [0.29, 0.717) is 16.4 Å². The molecular formula is C21H17Cl2FN2O3S. The fourth-order valence-electron chi connectivity index (χ4n) is 2.66. The summed E-state index contributed by atoms with van der Waals surface area (Å²) in [6, 6.07) is 15.6. The summed E-state index contributed by atoms with van der Waals surface area (Å²) < 4.78 is 40.6. The van der Waals surface area contributed by atoms with E-state index in [9.17, 15) is 17.6 Å². The molecule has 0 unspecified atom stereocenters. The first-order valence-corrected chi connectivity index (χ1v) is 11.0. The summed E-state index contributed by atoms with van der Waals surface area (Å²) in [5, 5.41) is 3.19. The largest absolute Gasteiger partial charge is 0.324 e. The molecule has 0 spiro atoms. The number of carbonyl (C=O) groups is 1. The van der Waals surface area contributed by atoms with E-state index in [2.05, 4.69) is 5.32 Å². The minimum atomic E-state index is -4.13. The van der Waals surface area contributed by atoms with Gasteiger partial charge in [0, 0.05) is 5.69 Å². The van der Waals surface area contributed by atoms with Crippen LogP contribution in [0.3, 0.4) is 0 Å². The van der Waals surface area contributed by atoms with Gasteiger partial charge in [-0.3, -0.25) is 9.10 Å². The summed E-state index contributed by atoms with van der Waals surface area (Å²) in [5.41, 5.74) is 1.60. The quantitative estimate of drug-likeness (QED) is 0.537. The Balaban J connectivity index is 1.93. The van der Waals surface area contributed by atoms with E-state index in [4.69, 9.17) is 23.2 Å². The minimum Gasteiger partial charge on any atom is -0.324 e. The number of anilines is 2. The van der Waals surface area contributed by atoms with Crippen LogP contribution in [0.15, 0.2) is 71.6 Å². The second-order valence-electron chi connectivity index (χ2n) is 6.48. The molecule has 0 radical (unpaired) electrons. The van der Waals surface area contributed by atoms with Gasteiger partial charge in [-0.05, 0) is 61.5 Å². The van der Waals surface area contributed by atoms with Gasteiger partial charge in [-0.2, -0.15) is 0 Å². The molecule has 0 aliphatic carbocycles. The fourth-order valence-corrected chi connectivity index (χ4v) is 4.38. The molecule has 0 aliphatic heterocycles.